The maximum Gasteiger partial charge on any atom is 0.0972 e. The Morgan fingerprint density at radius 1 is 0.296 bits per heavy atom. The molecule has 2 nitrogen and oxygen atoms in total. The van der Waals surface area contributed by atoms with Crippen LogP contribution in [0.2, 0.25) is 0 Å². The molecule has 0 bridgehead atoms. The van der Waals surface area contributed by atoms with E-state index in [1.165, 1.54) is 70.4 Å². The number of hydrogen-bond donors (Lipinski definition) is 0. The molecular formula is C52H32N2. The number of benzene rings is 9. The van der Waals surface area contributed by atoms with E-state index in [9.17, 15) is 0 Å². The predicted molar refractivity (Wildman–Crippen MR) is 229 cm³/mol. The fraction of sp³-hybridized carbons (Fsp3) is 0. The van der Waals surface area contributed by atoms with Crippen molar-refractivity contribution in [1.82, 2.24) is 9.97 Å². The lowest BCUT2D eigenvalue weighted by Crippen LogP contribution is -1.97. The van der Waals surface area contributed by atoms with Gasteiger partial charge in [0.25, 0.3) is 0 Å². The Hall–Kier alpha value is -7.16. The van der Waals surface area contributed by atoms with Gasteiger partial charge >= 0.3 is 0 Å². The van der Waals surface area contributed by atoms with Gasteiger partial charge in [-0.15, -0.1) is 0 Å². The van der Waals surface area contributed by atoms with E-state index < -0.39 is 0 Å². The smallest absolute Gasteiger partial charge is 0.0972 e. The lowest BCUT2D eigenvalue weighted by atomic mass is 9.85. The van der Waals surface area contributed by atoms with Gasteiger partial charge in [0.1, 0.15) is 0 Å². The van der Waals surface area contributed by atoms with Crippen molar-refractivity contribution < 1.29 is 0 Å². The summed E-state index contributed by atoms with van der Waals surface area (Å²) in [5.74, 6) is 0. The highest BCUT2D eigenvalue weighted by molar-refractivity contribution is 6.34. The van der Waals surface area contributed by atoms with Gasteiger partial charge in [-0.05, 0) is 81.8 Å². The summed E-state index contributed by atoms with van der Waals surface area (Å²) in [6.45, 7) is 0. The minimum Gasteiger partial charge on any atom is -0.252 e. The van der Waals surface area contributed by atoms with E-state index in [1.807, 2.05) is 18.3 Å². The quantitative estimate of drug-likeness (QED) is 0.172. The van der Waals surface area contributed by atoms with Crippen LogP contribution in [0.1, 0.15) is 0 Å². The number of fused-ring (bicyclic) bond motifs is 6. The van der Waals surface area contributed by atoms with Crippen molar-refractivity contribution in [2.24, 2.45) is 0 Å². The monoisotopic (exact) mass is 684 g/mol. The fourth-order valence-corrected chi connectivity index (χ4v) is 8.71. The zero-order chi connectivity index (χ0) is 35.6. The van der Waals surface area contributed by atoms with Crippen molar-refractivity contribution in [3.05, 3.63) is 194 Å². The second kappa shape index (κ2) is 12.2. The van der Waals surface area contributed by atoms with Crippen molar-refractivity contribution in [1.29, 1.82) is 0 Å². The number of nitrogens with zero attached hydrogens (tertiary/aromatic N) is 2. The SMILES string of the molecule is c1ccc(-c2ncc(-c3ccc(-c4cc5cccc6c7ccccc7c7ccccc7c7cccc4c7c56)c4ccccc34)nc2-c2ccccc2)cc1. The van der Waals surface area contributed by atoms with Crippen LogP contribution >= 0.6 is 0 Å². The van der Waals surface area contributed by atoms with Crippen LogP contribution in [0.25, 0.3) is 110 Å². The maximum atomic E-state index is 5.36. The molecule has 10 aromatic carbocycles. The minimum absolute atomic E-state index is 0.851. The average molecular weight is 685 g/mol. The maximum absolute atomic E-state index is 5.36. The molecule has 0 amide bonds. The predicted octanol–water partition coefficient (Wildman–Crippen LogP) is 14.1. The molecule has 0 saturated heterocycles. The zero-order valence-electron chi connectivity index (χ0n) is 29.4. The average Bonchev–Trinajstić information content (AvgIpc) is 3.25. The normalized spacial score (nSPS) is 11.7. The Labute approximate surface area is 312 Å². The van der Waals surface area contributed by atoms with Crippen molar-refractivity contribution in [2.75, 3.05) is 0 Å². The molecule has 0 unspecified atom stereocenters. The van der Waals surface area contributed by atoms with Crippen molar-refractivity contribution in [2.45, 2.75) is 0 Å². The molecule has 1 aromatic heterocycles. The molecular weight excluding hydrogens is 653 g/mol. The molecule has 0 aliphatic heterocycles. The zero-order valence-corrected chi connectivity index (χ0v) is 29.4. The van der Waals surface area contributed by atoms with E-state index >= 15 is 0 Å². The lowest BCUT2D eigenvalue weighted by Gasteiger charge is -2.18. The molecule has 11 rings (SSSR count). The van der Waals surface area contributed by atoms with E-state index in [-0.39, 0.29) is 0 Å². The molecule has 0 radical (unpaired) electrons. The van der Waals surface area contributed by atoms with Crippen LogP contribution in [0, 0.1) is 0 Å². The molecule has 0 fully saturated rings. The summed E-state index contributed by atoms with van der Waals surface area (Å²) >= 11 is 0. The summed E-state index contributed by atoms with van der Waals surface area (Å²) in [5.41, 5.74) is 8.18. The van der Waals surface area contributed by atoms with E-state index in [1.54, 1.807) is 0 Å². The summed E-state index contributed by atoms with van der Waals surface area (Å²) in [7, 11) is 0. The Kier molecular flexibility index (Phi) is 6.90. The molecule has 250 valence electrons. The summed E-state index contributed by atoms with van der Waals surface area (Å²) < 4.78 is 0. The van der Waals surface area contributed by atoms with Gasteiger partial charge in [0.15, 0.2) is 0 Å². The largest absolute Gasteiger partial charge is 0.252 e. The first kappa shape index (κ1) is 30.5. The van der Waals surface area contributed by atoms with Crippen LogP contribution in [0.4, 0.5) is 0 Å². The molecule has 0 aliphatic carbocycles. The minimum atomic E-state index is 0.851. The molecule has 1 heterocycles. The van der Waals surface area contributed by atoms with Gasteiger partial charge in [0.05, 0.1) is 23.3 Å². The van der Waals surface area contributed by atoms with Crippen molar-refractivity contribution in [3.8, 4) is 44.9 Å². The molecule has 54 heavy (non-hydrogen) atoms. The summed E-state index contributed by atoms with van der Waals surface area (Å²) in [4.78, 5) is 10.4. The Morgan fingerprint density at radius 2 is 0.759 bits per heavy atom. The first-order chi connectivity index (χ1) is 26.8. The van der Waals surface area contributed by atoms with Gasteiger partial charge in [-0.25, -0.2) is 4.98 Å². The van der Waals surface area contributed by atoms with Crippen LogP contribution in [0.5, 0.6) is 0 Å². The third-order valence-corrected chi connectivity index (χ3v) is 11.1. The standard InChI is InChI=1S/C52H32N2/c1-3-15-33(16-4-1)51-52(34-17-5-2-6-18-34)54-48(32-53-51)43-30-29-42(38-22-7-10-23-39(38)43)47-31-35-19-13-26-44-40-24-11-8-20-36(40)37-21-9-12-25-41(37)45-27-14-28-46(47)50(45)49(35)44/h1-32H. The first-order valence-electron chi connectivity index (χ1n) is 18.5. The highest BCUT2D eigenvalue weighted by Crippen LogP contribution is 2.46. The second-order valence-corrected chi connectivity index (χ2v) is 14.0. The first-order valence-corrected chi connectivity index (χ1v) is 18.5. The van der Waals surface area contributed by atoms with Crippen LogP contribution in [0.3, 0.4) is 0 Å². The summed E-state index contributed by atoms with van der Waals surface area (Å²) in [5, 5.41) is 15.0. The van der Waals surface area contributed by atoms with Gasteiger partial charge < -0.3 is 0 Å². The van der Waals surface area contributed by atoms with Crippen molar-refractivity contribution in [3.63, 3.8) is 0 Å². The Morgan fingerprint density at radius 3 is 1.41 bits per heavy atom. The molecule has 0 spiro atoms. The Bertz CT molecular complexity index is 3260. The second-order valence-electron chi connectivity index (χ2n) is 14.0. The van der Waals surface area contributed by atoms with Gasteiger partial charge in [-0.1, -0.05) is 182 Å². The molecule has 2 heteroatoms. The third kappa shape index (κ3) is 4.67. The highest BCUT2D eigenvalue weighted by Gasteiger charge is 2.19. The van der Waals surface area contributed by atoms with Crippen LogP contribution in [0.15, 0.2) is 194 Å². The van der Waals surface area contributed by atoms with E-state index in [4.69, 9.17) is 9.97 Å². The van der Waals surface area contributed by atoms with Crippen LogP contribution in [-0.4, -0.2) is 9.97 Å². The Balaban J connectivity index is 1.20. The van der Waals surface area contributed by atoms with E-state index in [0.717, 1.165) is 39.2 Å². The van der Waals surface area contributed by atoms with E-state index in [2.05, 4.69) is 176 Å². The number of aromatic nitrogens is 2. The molecule has 0 aliphatic rings. The summed E-state index contributed by atoms with van der Waals surface area (Å²) in [6, 6.07) is 67.8. The van der Waals surface area contributed by atoms with Crippen LogP contribution in [-0.2, 0) is 0 Å². The molecule has 11 aromatic rings. The summed E-state index contributed by atoms with van der Waals surface area (Å²) in [6.07, 6.45) is 1.93. The highest BCUT2D eigenvalue weighted by atomic mass is 14.8. The van der Waals surface area contributed by atoms with Gasteiger partial charge in [0.2, 0.25) is 0 Å². The van der Waals surface area contributed by atoms with Gasteiger partial charge in [-0.2, -0.15) is 0 Å². The molecule has 0 atom stereocenters. The lowest BCUT2D eigenvalue weighted by molar-refractivity contribution is 1.21. The van der Waals surface area contributed by atoms with Crippen LogP contribution < -0.4 is 0 Å². The van der Waals surface area contributed by atoms with Gasteiger partial charge in [-0.3, -0.25) is 4.98 Å². The van der Waals surface area contributed by atoms with E-state index in [0.29, 0.717) is 0 Å². The van der Waals surface area contributed by atoms with Gasteiger partial charge in [0, 0.05) is 16.7 Å². The number of rotatable bonds is 4. The van der Waals surface area contributed by atoms with Crippen molar-refractivity contribution >= 4 is 64.6 Å². The third-order valence-electron chi connectivity index (χ3n) is 11.1. The topological polar surface area (TPSA) is 25.8 Å². The molecule has 0 saturated carbocycles. The fourth-order valence-electron chi connectivity index (χ4n) is 8.71. The molecule has 0 N–H and O–H groups in total. The number of hydrogen-bond acceptors (Lipinski definition) is 2.